The van der Waals surface area contributed by atoms with E-state index >= 15 is 0 Å². The van der Waals surface area contributed by atoms with Gasteiger partial charge in [-0.15, -0.1) is 0 Å². The highest BCUT2D eigenvalue weighted by molar-refractivity contribution is 5.95. The molecule has 8 nitrogen and oxygen atoms in total. The Balaban J connectivity index is 1.64. The molecule has 0 spiro atoms. The van der Waals surface area contributed by atoms with E-state index in [0.717, 1.165) is 71.5 Å². The van der Waals surface area contributed by atoms with Crippen LogP contribution in [0.2, 0.25) is 0 Å². The van der Waals surface area contributed by atoms with E-state index in [4.69, 9.17) is 14.5 Å². The van der Waals surface area contributed by atoms with Crippen molar-refractivity contribution >= 4 is 28.8 Å². The highest BCUT2D eigenvalue weighted by Crippen LogP contribution is 2.39. The van der Waals surface area contributed by atoms with Gasteiger partial charge in [0.05, 0.1) is 42.4 Å². The maximum absolute atomic E-state index is 12.6. The number of benzene rings is 2. The third-order valence-electron chi connectivity index (χ3n) is 7.56. The van der Waals surface area contributed by atoms with Crippen molar-refractivity contribution in [3.8, 4) is 0 Å². The monoisotopic (exact) mass is 491 g/mol. The molecule has 5 rings (SSSR count). The molecule has 1 amide bonds. The Hall–Kier alpha value is -3.39. The molecule has 1 aromatic heterocycles. The summed E-state index contributed by atoms with van der Waals surface area (Å²) >= 11 is 0. The summed E-state index contributed by atoms with van der Waals surface area (Å²) in [4.78, 5) is 31.8. The number of amides is 1. The van der Waals surface area contributed by atoms with Gasteiger partial charge in [0.15, 0.2) is 0 Å². The summed E-state index contributed by atoms with van der Waals surface area (Å²) in [6.45, 7) is 5.32. The number of hydrogen-bond donors (Lipinski definition) is 1. The topological polar surface area (TPSA) is 93.9 Å². The minimum atomic E-state index is -0.870. The van der Waals surface area contributed by atoms with Crippen LogP contribution in [0.3, 0.4) is 0 Å². The number of rotatable bonds is 5. The zero-order valence-electron chi connectivity index (χ0n) is 21.1. The first-order chi connectivity index (χ1) is 17.4. The van der Waals surface area contributed by atoms with Crippen molar-refractivity contribution < 1.29 is 24.2 Å². The van der Waals surface area contributed by atoms with Gasteiger partial charge in [0.1, 0.15) is 5.82 Å². The lowest BCUT2D eigenvalue weighted by Crippen LogP contribution is -2.42. The maximum atomic E-state index is 12.6. The Morgan fingerprint density at radius 2 is 1.97 bits per heavy atom. The number of nitrogens with zero attached hydrogens (tertiary/aromatic N) is 3. The summed E-state index contributed by atoms with van der Waals surface area (Å²) in [6.07, 6.45) is 3.38. The molecule has 36 heavy (non-hydrogen) atoms. The van der Waals surface area contributed by atoms with Crippen LogP contribution >= 0.6 is 0 Å². The number of anilines is 1. The summed E-state index contributed by atoms with van der Waals surface area (Å²) in [6, 6.07) is 11.8. The number of fused-ring (bicyclic) bond motifs is 3. The van der Waals surface area contributed by atoms with Gasteiger partial charge in [-0.05, 0) is 57.2 Å². The second-order valence-electron chi connectivity index (χ2n) is 9.93. The number of methoxy groups -OCH3 is 1. The van der Waals surface area contributed by atoms with E-state index in [2.05, 4.69) is 4.57 Å². The van der Waals surface area contributed by atoms with Gasteiger partial charge in [-0.2, -0.15) is 0 Å². The van der Waals surface area contributed by atoms with Crippen molar-refractivity contribution in [2.75, 3.05) is 25.2 Å². The summed E-state index contributed by atoms with van der Waals surface area (Å²) in [7, 11) is 1.40. The maximum Gasteiger partial charge on any atom is 0.414 e. The fourth-order valence-electron chi connectivity index (χ4n) is 5.63. The van der Waals surface area contributed by atoms with Crippen LogP contribution < -0.4 is 4.90 Å². The Labute approximate surface area is 210 Å². The molecule has 1 N–H and O–H groups in total. The average molecular weight is 492 g/mol. The Morgan fingerprint density at radius 1 is 1.19 bits per heavy atom. The molecular formula is C28H33N3O5. The van der Waals surface area contributed by atoms with Crippen molar-refractivity contribution in [3.63, 3.8) is 0 Å². The van der Waals surface area contributed by atoms with Crippen molar-refractivity contribution in [3.05, 3.63) is 58.9 Å². The van der Waals surface area contributed by atoms with Crippen LogP contribution in [-0.2, 0) is 27.1 Å². The molecule has 0 bridgehead atoms. The first-order valence-corrected chi connectivity index (χ1v) is 12.7. The number of hydrogen-bond acceptors (Lipinski definition) is 5. The second-order valence-corrected chi connectivity index (χ2v) is 9.93. The standard InChI is InChI=1S/C28H33N3O5/c1-17-6-9-19(10-7-17)22(27(32)33)15-25-29-26-21-11-8-18(2)30(28(34)35-3)23(21)12-13-24(26)31(25)20-5-4-14-36-16-20/h6-7,9-10,12-13,18,20,22H,4-5,8,11,14-16H2,1-3H3,(H,32,33)/t18-,20-,22+/m0/s1. The predicted molar refractivity (Wildman–Crippen MR) is 137 cm³/mol. The van der Waals surface area contributed by atoms with Crippen molar-refractivity contribution in [1.29, 1.82) is 0 Å². The molecule has 2 aliphatic heterocycles. The molecule has 2 aliphatic rings. The number of aryl methyl sites for hydroxylation is 2. The fourth-order valence-corrected chi connectivity index (χ4v) is 5.63. The highest BCUT2D eigenvalue weighted by atomic mass is 16.5. The minimum Gasteiger partial charge on any atom is -0.481 e. The lowest BCUT2D eigenvalue weighted by atomic mass is 9.94. The van der Waals surface area contributed by atoms with Crippen LogP contribution in [0.5, 0.6) is 0 Å². The van der Waals surface area contributed by atoms with Gasteiger partial charge in [-0.3, -0.25) is 9.69 Å². The molecule has 2 aromatic carbocycles. The van der Waals surface area contributed by atoms with Gasteiger partial charge in [0.25, 0.3) is 0 Å². The summed E-state index contributed by atoms with van der Waals surface area (Å²) < 4.78 is 13.1. The molecule has 3 atom stereocenters. The minimum absolute atomic E-state index is 0.0219. The first kappa shape index (κ1) is 24.3. The number of carboxylic acid groups (broad SMARTS) is 1. The van der Waals surface area contributed by atoms with Crippen molar-refractivity contribution in [2.24, 2.45) is 0 Å². The molecule has 8 heteroatoms. The van der Waals surface area contributed by atoms with E-state index in [1.54, 1.807) is 4.90 Å². The molecule has 1 fully saturated rings. The molecule has 0 aliphatic carbocycles. The van der Waals surface area contributed by atoms with Crippen LogP contribution in [-0.4, -0.2) is 53.1 Å². The van der Waals surface area contributed by atoms with Gasteiger partial charge in [0.2, 0.25) is 0 Å². The van der Waals surface area contributed by atoms with Gasteiger partial charge in [0, 0.05) is 24.6 Å². The normalized spacial score (nSPS) is 20.7. The second kappa shape index (κ2) is 9.93. The van der Waals surface area contributed by atoms with E-state index in [9.17, 15) is 14.7 Å². The van der Waals surface area contributed by atoms with Crippen LogP contribution in [0.4, 0.5) is 10.5 Å². The highest BCUT2D eigenvalue weighted by Gasteiger charge is 2.33. The molecule has 1 saturated heterocycles. The number of carbonyl (C=O) groups excluding carboxylic acids is 1. The number of carboxylic acids is 1. The number of aromatic nitrogens is 2. The Kier molecular flexibility index (Phi) is 6.71. The summed E-state index contributed by atoms with van der Waals surface area (Å²) in [5, 5.41) is 10.2. The number of imidazole rings is 1. The van der Waals surface area contributed by atoms with E-state index in [-0.39, 0.29) is 24.6 Å². The van der Waals surface area contributed by atoms with E-state index in [0.29, 0.717) is 6.61 Å². The molecular weight excluding hydrogens is 458 g/mol. The van der Waals surface area contributed by atoms with Gasteiger partial charge >= 0.3 is 12.1 Å². The molecule has 3 aromatic rings. The van der Waals surface area contributed by atoms with Crippen LogP contribution in [0, 0.1) is 6.92 Å². The number of carbonyl (C=O) groups is 2. The first-order valence-electron chi connectivity index (χ1n) is 12.7. The van der Waals surface area contributed by atoms with E-state index in [1.807, 2.05) is 50.2 Å². The molecule has 0 radical (unpaired) electrons. The SMILES string of the molecule is COC(=O)N1c2ccc3c(nc(C[C@@H](C(=O)O)c4ccc(C)cc4)n3[C@H]3CCCOC3)c2CC[C@@H]1C. The zero-order valence-corrected chi connectivity index (χ0v) is 21.1. The third-order valence-corrected chi connectivity index (χ3v) is 7.56. The number of ether oxygens (including phenoxy) is 2. The third kappa shape index (κ3) is 4.34. The van der Waals surface area contributed by atoms with Crippen LogP contribution in [0.1, 0.15) is 60.7 Å². The van der Waals surface area contributed by atoms with E-state index < -0.39 is 11.9 Å². The quantitative estimate of drug-likeness (QED) is 0.539. The molecule has 0 saturated carbocycles. The smallest absolute Gasteiger partial charge is 0.414 e. The predicted octanol–water partition coefficient (Wildman–Crippen LogP) is 5.01. The average Bonchev–Trinajstić information content (AvgIpc) is 3.26. The largest absolute Gasteiger partial charge is 0.481 e. The van der Waals surface area contributed by atoms with Gasteiger partial charge in [-0.25, -0.2) is 9.78 Å². The lowest BCUT2D eigenvalue weighted by Gasteiger charge is -2.34. The Bertz CT molecular complexity index is 1280. The number of aliphatic carboxylic acids is 1. The molecule has 3 heterocycles. The van der Waals surface area contributed by atoms with Gasteiger partial charge < -0.3 is 19.1 Å². The van der Waals surface area contributed by atoms with Gasteiger partial charge in [-0.1, -0.05) is 29.8 Å². The Morgan fingerprint density at radius 3 is 2.64 bits per heavy atom. The molecule has 190 valence electrons. The van der Waals surface area contributed by atoms with Crippen molar-refractivity contribution in [2.45, 2.75) is 64.0 Å². The van der Waals surface area contributed by atoms with E-state index in [1.165, 1.54) is 7.11 Å². The van der Waals surface area contributed by atoms with Crippen LogP contribution in [0.15, 0.2) is 36.4 Å². The zero-order chi connectivity index (χ0) is 25.4. The van der Waals surface area contributed by atoms with Crippen molar-refractivity contribution in [1.82, 2.24) is 9.55 Å². The van der Waals surface area contributed by atoms with Crippen LogP contribution in [0.25, 0.3) is 11.0 Å². The fraction of sp³-hybridized carbons (Fsp3) is 0.464. The molecule has 0 unspecified atom stereocenters. The summed E-state index contributed by atoms with van der Waals surface area (Å²) in [5.41, 5.74) is 5.48. The lowest BCUT2D eigenvalue weighted by molar-refractivity contribution is -0.138. The summed E-state index contributed by atoms with van der Waals surface area (Å²) in [5.74, 6) is -0.844.